The Hall–Kier alpha value is -2.68. The second-order valence-corrected chi connectivity index (χ2v) is 16.6. The van der Waals surface area contributed by atoms with Gasteiger partial charge in [0.15, 0.2) is 17.6 Å². The molecule has 7 rings (SSSR count). The number of hydrogen-bond acceptors (Lipinski definition) is 1. The number of imidazole rings is 1. The van der Waals surface area contributed by atoms with Crippen molar-refractivity contribution in [3.05, 3.63) is 78.1 Å². The summed E-state index contributed by atoms with van der Waals surface area (Å²) in [6.45, 7) is 13.1. The maximum atomic E-state index is 13.2. The monoisotopic (exact) mass is 605 g/mol. The molecule has 1 heterocycles. The largest absolute Gasteiger partial charge is 0.290 e. The van der Waals surface area contributed by atoms with Crippen molar-refractivity contribution in [1.82, 2.24) is 4.57 Å². The Morgan fingerprint density at radius 1 is 0.911 bits per heavy atom. The zero-order chi connectivity index (χ0) is 31.3. The molecule has 4 aliphatic rings. The number of nitrogens with zero attached hydrogens (tertiary/aromatic N) is 2. The molecule has 0 radical (unpaired) electrons. The zero-order valence-electron chi connectivity index (χ0n) is 28.7. The van der Waals surface area contributed by atoms with Gasteiger partial charge in [-0.15, -0.1) is 0 Å². The van der Waals surface area contributed by atoms with Gasteiger partial charge in [-0.3, -0.25) is 4.79 Å². The van der Waals surface area contributed by atoms with E-state index in [9.17, 15) is 4.79 Å². The summed E-state index contributed by atoms with van der Waals surface area (Å²) >= 11 is 0. The quantitative estimate of drug-likeness (QED) is 0.135. The van der Waals surface area contributed by atoms with E-state index in [1.807, 2.05) is 30.3 Å². The van der Waals surface area contributed by atoms with Gasteiger partial charge in [-0.05, 0) is 103 Å². The van der Waals surface area contributed by atoms with Crippen LogP contribution in [0.4, 0.5) is 0 Å². The molecule has 0 amide bonds. The highest BCUT2D eigenvalue weighted by molar-refractivity contribution is 5.95. The van der Waals surface area contributed by atoms with E-state index >= 15 is 0 Å². The highest BCUT2D eigenvalue weighted by atomic mass is 16.1. The number of carbonyl (C=O) groups is 1. The van der Waals surface area contributed by atoms with E-state index in [2.05, 4.69) is 80.4 Å². The molecule has 3 heteroatoms. The van der Waals surface area contributed by atoms with Crippen molar-refractivity contribution in [1.29, 1.82) is 0 Å². The van der Waals surface area contributed by atoms with Gasteiger partial charge in [-0.2, -0.15) is 0 Å². The molecule has 3 aromatic rings. The highest BCUT2D eigenvalue weighted by Gasteiger charge is 2.59. The van der Waals surface area contributed by atoms with Gasteiger partial charge >= 0.3 is 0 Å². The maximum absolute atomic E-state index is 13.2. The fraction of sp³-hybridized carbons (Fsp3) is 0.619. The lowest BCUT2D eigenvalue weighted by Crippen LogP contribution is -2.50. The van der Waals surface area contributed by atoms with Gasteiger partial charge in [0.25, 0.3) is 0 Å². The van der Waals surface area contributed by atoms with E-state index in [1.54, 1.807) is 5.57 Å². The molecule has 1 aromatic heterocycles. The Kier molecular flexibility index (Phi) is 8.36. The molecule has 0 aliphatic heterocycles. The Labute approximate surface area is 272 Å². The van der Waals surface area contributed by atoms with E-state index in [0.29, 0.717) is 23.4 Å². The summed E-state index contributed by atoms with van der Waals surface area (Å²) in [6, 6.07) is 18.9. The Morgan fingerprint density at radius 3 is 2.49 bits per heavy atom. The van der Waals surface area contributed by atoms with E-state index in [4.69, 9.17) is 0 Å². The highest BCUT2D eigenvalue weighted by Crippen LogP contribution is 2.67. The first-order chi connectivity index (χ1) is 21.7. The second kappa shape index (κ2) is 12.2. The van der Waals surface area contributed by atoms with Crippen LogP contribution in [0.3, 0.4) is 0 Å². The first kappa shape index (κ1) is 30.9. The Bertz CT molecular complexity index is 1550. The van der Waals surface area contributed by atoms with Gasteiger partial charge in [-0.1, -0.05) is 108 Å². The van der Waals surface area contributed by atoms with Crippen molar-refractivity contribution < 1.29 is 9.36 Å². The number of rotatable bonds is 9. The molecule has 0 saturated heterocycles. The number of carbonyl (C=O) groups excluding carboxylic acids is 1. The molecule has 3 nitrogen and oxygen atoms in total. The molecule has 0 spiro atoms. The molecule has 3 fully saturated rings. The minimum absolute atomic E-state index is 0.171. The third-order valence-corrected chi connectivity index (χ3v) is 13.8. The molecular weight excluding hydrogens is 548 g/mol. The second-order valence-electron chi connectivity index (χ2n) is 16.6. The summed E-state index contributed by atoms with van der Waals surface area (Å²) in [7, 11) is 0. The number of Topliss-reactive ketones (excluding diaryl/α,β-unsaturated/α-hetero) is 1. The van der Waals surface area contributed by atoms with Gasteiger partial charge in [0.2, 0.25) is 12.1 Å². The first-order valence-electron chi connectivity index (χ1n) is 18.5. The molecule has 0 unspecified atom stereocenters. The normalized spacial score (nSPS) is 33.4. The third-order valence-electron chi connectivity index (χ3n) is 13.8. The number of aromatic nitrogens is 2. The number of para-hydroxylation sites is 2. The lowest BCUT2D eigenvalue weighted by Gasteiger charge is -2.58. The van der Waals surface area contributed by atoms with Crippen LogP contribution >= 0.6 is 0 Å². The predicted molar refractivity (Wildman–Crippen MR) is 185 cm³/mol. The fourth-order valence-corrected chi connectivity index (χ4v) is 11.4. The van der Waals surface area contributed by atoms with Crippen LogP contribution in [-0.4, -0.2) is 10.4 Å². The molecule has 4 aliphatic carbocycles. The summed E-state index contributed by atoms with van der Waals surface area (Å²) in [5.41, 5.74) is 5.85. The van der Waals surface area contributed by atoms with E-state index < -0.39 is 0 Å². The Balaban J connectivity index is 1.09. The van der Waals surface area contributed by atoms with Crippen LogP contribution in [0.5, 0.6) is 0 Å². The van der Waals surface area contributed by atoms with E-state index in [1.165, 1.54) is 69.7 Å². The Morgan fingerprint density at radius 2 is 1.69 bits per heavy atom. The summed E-state index contributed by atoms with van der Waals surface area (Å²) in [6.07, 6.45) is 20.0. The number of fused-ring (bicyclic) bond motifs is 6. The third kappa shape index (κ3) is 5.44. The molecule has 45 heavy (non-hydrogen) atoms. The average molecular weight is 606 g/mol. The molecule has 0 bridgehead atoms. The molecular formula is C42H57N2O+. The topological polar surface area (TPSA) is 25.9 Å². The van der Waals surface area contributed by atoms with Gasteiger partial charge in [0.05, 0.1) is 0 Å². The molecule has 240 valence electrons. The molecule has 2 aromatic carbocycles. The minimum atomic E-state index is 0.171. The van der Waals surface area contributed by atoms with Gasteiger partial charge < -0.3 is 0 Å². The van der Waals surface area contributed by atoms with Crippen LogP contribution in [0, 0.1) is 46.3 Å². The van der Waals surface area contributed by atoms with E-state index in [0.717, 1.165) is 53.0 Å². The maximum Gasteiger partial charge on any atom is 0.245 e. The van der Waals surface area contributed by atoms with Gasteiger partial charge in [0.1, 0.15) is 6.04 Å². The smallest absolute Gasteiger partial charge is 0.245 e. The number of ketones is 1. The number of allylic oxidation sites excluding steroid dienone is 2. The van der Waals surface area contributed by atoms with Gasteiger partial charge in [-0.25, -0.2) is 9.13 Å². The fourth-order valence-electron chi connectivity index (χ4n) is 11.4. The summed E-state index contributed by atoms with van der Waals surface area (Å²) < 4.78 is 4.70. The van der Waals surface area contributed by atoms with E-state index in [-0.39, 0.29) is 5.78 Å². The van der Waals surface area contributed by atoms with Gasteiger partial charge in [0, 0.05) is 12.0 Å². The zero-order valence-corrected chi connectivity index (χ0v) is 28.7. The van der Waals surface area contributed by atoms with Crippen molar-refractivity contribution in [2.45, 2.75) is 118 Å². The lowest BCUT2D eigenvalue weighted by molar-refractivity contribution is -0.658. The average Bonchev–Trinajstić information content (AvgIpc) is 3.58. The molecule has 0 N–H and O–H groups in total. The molecule has 3 saturated carbocycles. The standard InChI is InChI=1S/C42H57N2O/c1-29(2)12-11-13-30(3)35-20-21-36-34-19-18-32-26-33(22-24-41(32,4)37(34)23-25-42(35,36)5)44-28-43(38-16-9-10-17-39(38)44)27-40(45)31-14-7-6-8-15-31/h6-10,14-18,28-30,33-37H,11-13,19-27H2,1-5H3/q+1/t30-,33-,34+,35-,36+,37+,41+,42-/m1/s1. The van der Waals surface area contributed by atoms with Crippen LogP contribution in [0.15, 0.2) is 72.6 Å². The number of hydrogen-bond donors (Lipinski definition) is 0. The minimum Gasteiger partial charge on any atom is -0.290 e. The van der Waals surface area contributed by atoms with Crippen LogP contribution in [0.1, 0.15) is 122 Å². The summed E-state index contributed by atoms with van der Waals surface area (Å²) in [4.78, 5) is 13.2. The lowest BCUT2D eigenvalue weighted by atomic mass is 9.47. The van der Waals surface area contributed by atoms with Crippen molar-refractivity contribution in [2.24, 2.45) is 46.3 Å². The SMILES string of the molecule is CC(C)CCC[C@@H](C)[C@H]1CC[C@H]2[C@@H]3CC=C4C[C@H](n5c[n+](CC(=O)c6ccccc6)c6ccccc65)CC[C@]4(C)[C@H]3CC[C@]12C. The van der Waals surface area contributed by atoms with Crippen molar-refractivity contribution in [2.75, 3.05) is 0 Å². The predicted octanol–water partition coefficient (Wildman–Crippen LogP) is 10.4. The summed E-state index contributed by atoms with van der Waals surface area (Å²) in [5, 5.41) is 0. The first-order valence-corrected chi connectivity index (χ1v) is 18.5. The van der Waals surface area contributed by atoms with Crippen LogP contribution in [-0.2, 0) is 6.54 Å². The van der Waals surface area contributed by atoms with Crippen LogP contribution < -0.4 is 4.57 Å². The van der Waals surface area contributed by atoms with Crippen LogP contribution in [0.2, 0.25) is 0 Å². The summed E-state index contributed by atoms with van der Waals surface area (Å²) in [5.74, 6) is 5.44. The van der Waals surface area contributed by atoms with Crippen molar-refractivity contribution in [3.63, 3.8) is 0 Å². The van der Waals surface area contributed by atoms with Crippen LogP contribution in [0.25, 0.3) is 11.0 Å². The number of benzene rings is 2. The van der Waals surface area contributed by atoms with Crippen molar-refractivity contribution >= 4 is 16.8 Å². The molecule has 8 atom stereocenters. The van der Waals surface area contributed by atoms with Crippen molar-refractivity contribution in [3.8, 4) is 0 Å².